The number of aromatic nitrogens is 1. The number of thiophene rings is 1. The minimum atomic E-state index is -0.128. The van der Waals surface area contributed by atoms with Crippen molar-refractivity contribution in [3.05, 3.63) is 88.9 Å². The molecular weight excluding hydrogens is 368 g/mol. The van der Waals surface area contributed by atoms with Gasteiger partial charge in [0.2, 0.25) is 0 Å². The van der Waals surface area contributed by atoms with E-state index in [1.54, 1.807) is 7.11 Å². The van der Waals surface area contributed by atoms with Gasteiger partial charge in [-0.15, -0.1) is 11.3 Å². The predicted molar refractivity (Wildman–Crippen MR) is 115 cm³/mol. The van der Waals surface area contributed by atoms with Crippen LogP contribution < -0.4 is 10.1 Å². The molecule has 1 amide bonds. The summed E-state index contributed by atoms with van der Waals surface area (Å²) in [5.41, 5.74) is 4.97. The van der Waals surface area contributed by atoms with Crippen molar-refractivity contribution in [3.63, 3.8) is 0 Å². The number of nitrogens with zero attached hydrogens (tertiary/aromatic N) is 1. The fourth-order valence-electron chi connectivity index (χ4n) is 3.05. The lowest BCUT2D eigenvalue weighted by molar-refractivity contribution is 0.103. The van der Waals surface area contributed by atoms with Crippen LogP contribution in [0.15, 0.2) is 78.4 Å². The van der Waals surface area contributed by atoms with Gasteiger partial charge in [-0.25, -0.2) is 0 Å². The van der Waals surface area contributed by atoms with Crippen molar-refractivity contribution >= 4 is 22.9 Å². The maximum atomic E-state index is 13.0. The van der Waals surface area contributed by atoms with Gasteiger partial charge in [0.25, 0.3) is 5.91 Å². The molecule has 2 heterocycles. The SMILES string of the molecule is COc1ccc(NC(=O)c2scc(-c3ccc(C)cc3)c2-n2cccc2)cc1. The Balaban J connectivity index is 1.72. The van der Waals surface area contributed by atoms with Crippen molar-refractivity contribution in [2.75, 3.05) is 12.4 Å². The van der Waals surface area contributed by atoms with Crippen LogP contribution in [0.5, 0.6) is 5.75 Å². The van der Waals surface area contributed by atoms with E-state index in [0.717, 1.165) is 28.3 Å². The van der Waals surface area contributed by atoms with Crippen molar-refractivity contribution < 1.29 is 9.53 Å². The lowest BCUT2D eigenvalue weighted by Gasteiger charge is -2.11. The van der Waals surface area contributed by atoms with Crippen molar-refractivity contribution in [1.29, 1.82) is 0 Å². The van der Waals surface area contributed by atoms with Crippen molar-refractivity contribution in [2.24, 2.45) is 0 Å². The van der Waals surface area contributed by atoms with E-state index < -0.39 is 0 Å². The van der Waals surface area contributed by atoms with Crippen LogP contribution in [0.1, 0.15) is 15.2 Å². The smallest absolute Gasteiger partial charge is 0.267 e. The molecule has 1 N–H and O–H groups in total. The maximum Gasteiger partial charge on any atom is 0.267 e. The van der Waals surface area contributed by atoms with Gasteiger partial charge in [-0.3, -0.25) is 4.79 Å². The monoisotopic (exact) mass is 388 g/mol. The Morgan fingerprint density at radius 3 is 2.32 bits per heavy atom. The quantitative estimate of drug-likeness (QED) is 0.471. The summed E-state index contributed by atoms with van der Waals surface area (Å²) in [5.74, 6) is 0.626. The molecule has 4 rings (SSSR count). The van der Waals surface area contributed by atoms with Crippen molar-refractivity contribution in [1.82, 2.24) is 4.57 Å². The highest BCUT2D eigenvalue weighted by Gasteiger charge is 2.20. The van der Waals surface area contributed by atoms with Gasteiger partial charge in [0.1, 0.15) is 10.6 Å². The molecule has 0 unspecified atom stereocenters. The largest absolute Gasteiger partial charge is 0.497 e. The van der Waals surface area contributed by atoms with E-state index in [1.807, 2.05) is 58.7 Å². The van der Waals surface area contributed by atoms with Gasteiger partial charge < -0.3 is 14.6 Å². The molecule has 2 aromatic carbocycles. The number of amides is 1. The van der Waals surface area contributed by atoms with E-state index in [2.05, 4.69) is 36.5 Å². The Hall–Kier alpha value is -3.31. The highest BCUT2D eigenvalue weighted by atomic mass is 32.1. The summed E-state index contributed by atoms with van der Waals surface area (Å²) in [4.78, 5) is 13.7. The Bertz CT molecular complexity index is 1080. The zero-order valence-corrected chi connectivity index (χ0v) is 16.5. The van der Waals surface area contributed by atoms with E-state index in [-0.39, 0.29) is 5.91 Å². The van der Waals surface area contributed by atoms with Crippen LogP contribution in [0.25, 0.3) is 16.8 Å². The second kappa shape index (κ2) is 7.74. The average molecular weight is 388 g/mol. The van der Waals surface area contributed by atoms with Crippen LogP contribution in [-0.4, -0.2) is 17.6 Å². The van der Waals surface area contributed by atoms with Gasteiger partial charge in [-0.1, -0.05) is 29.8 Å². The number of rotatable bonds is 5. The number of benzene rings is 2. The second-order valence-electron chi connectivity index (χ2n) is 6.47. The van der Waals surface area contributed by atoms with E-state index in [9.17, 15) is 4.79 Å². The summed E-state index contributed by atoms with van der Waals surface area (Å²) >= 11 is 1.45. The first-order valence-corrected chi connectivity index (χ1v) is 9.81. The number of methoxy groups -OCH3 is 1. The molecule has 0 fully saturated rings. The third-order valence-electron chi connectivity index (χ3n) is 4.54. The predicted octanol–water partition coefficient (Wildman–Crippen LogP) is 5.78. The second-order valence-corrected chi connectivity index (χ2v) is 7.35. The van der Waals surface area contributed by atoms with E-state index in [1.165, 1.54) is 16.9 Å². The Labute approximate surface area is 168 Å². The summed E-state index contributed by atoms with van der Waals surface area (Å²) in [6.07, 6.45) is 3.92. The third-order valence-corrected chi connectivity index (χ3v) is 5.51. The molecule has 0 bridgehead atoms. The molecule has 4 aromatic rings. The standard InChI is InChI=1S/C23H20N2O2S/c1-16-5-7-17(8-6-16)20-15-28-22(21(20)25-13-3-4-14-25)23(26)24-18-9-11-19(27-2)12-10-18/h3-15H,1-2H3,(H,24,26). The van der Waals surface area contributed by atoms with Crippen LogP contribution in [0.2, 0.25) is 0 Å². The molecule has 0 spiro atoms. The Kier molecular flexibility index (Phi) is 5.00. The number of hydrogen-bond acceptors (Lipinski definition) is 3. The molecule has 0 aliphatic heterocycles. The first-order chi connectivity index (χ1) is 13.7. The average Bonchev–Trinajstić information content (AvgIpc) is 3.38. The highest BCUT2D eigenvalue weighted by Crippen LogP contribution is 2.35. The van der Waals surface area contributed by atoms with E-state index in [0.29, 0.717) is 4.88 Å². The van der Waals surface area contributed by atoms with Gasteiger partial charge in [-0.2, -0.15) is 0 Å². The molecule has 5 heteroatoms. The summed E-state index contributed by atoms with van der Waals surface area (Å²) in [5, 5.41) is 5.03. The molecule has 28 heavy (non-hydrogen) atoms. The van der Waals surface area contributed by atoms with Crippen LogP contribution >= 0.6 is 11.3 Å². The minimum absolute atomic E-state index is 0.128. The Morgan fingerprint density at radius 1 is 1.00 bits per heavy atom. The van der Waals surface area contributed by atoms with Crippen LogP contribution in [0.3, 0.4) is 0 Å². The zero-order valence-electron chi connectivity index (χ0n) is 15.7. The molecule has 0 aliphatic carbocycles. The molecule has 140 valence electrons. The summed E-state index contributed by atoms with van der Waals surface area (Å²) in [7, 11) is 1.62. The van der Waals surface area contributed by atoms with Gasteiger partial charge in [-0.05, 0) is 48.9 Å². The molecule has 4 nitrogen and oxygen atoms in total. The summed E-state index contributed by atoms with van der Waals surface area (Å²) in [6, 6.07) is 19.6. The fraction of sp³-hybridized carbons (Fsp3) is 0.0870. The summed E-state index contributed by atoms with van der Waals surface area (Å²) in [6.45, 7) is 2.07. The fourth-order valence-corrected chi connectivity index (χ4v) is 4.02. The normalized spacial score (nSPS) is 10.6. The van der Waals surface area contributed by atoms with Crippen LogP contribution in [0, 0.1) is 6.92 Å². The van der Waals surface area contributed by atoms with Crippen LogP contribution in [0.4, 0.5) is 5.69 Å². The lowest BCUT2D eigenvalue weighted by Crippen LogP contribution is -2.12. The number of ether oxygens (including phenoxy) is 1. The highest BCUT2D eigenvalue weighted by molar-refractivity contribution is 7.13. The van der Waals surface area contributed by atoms with Crippen LogP contribution in [-0.2, 0) is 0 Å². The topological polar surface area (TPSA) is 43.3 Å². The molecule has 0 aliphatic rings. The first-order valence-electron chi connectivity index (χ1n) is 8.93. The number of nitrogens with one attached hydrogen (secondary N) is 1. The molecule has 0 atom stereocenters. The number of carbonyl (C=O) groups excluding carboxylic acids is 1. The Morgan fingerprint density at radius 2 is 1.68 bits per heavy atom. The molecule has 2 aromatic heterocycles. The zero-order chi connectivity index (χ0) is 19.5. The number of carbonyl (C=O) groups is 1. The minimum Gasteiger partial charge on any atom is -0.497 e. The van der Waals surface area contributed by atoms with Crippen molar-refractivity contribution in [2.45, 2.75) is 6.92 Å². The summed E-state index contributed by atoms with van der Waals surface area (Å²) < 4.78 is 7.17. The van der Waals surface area contributed by atoms with Gasteiger partial charge >= 0.3 is 0 Å². The van der Waals surface area contributed by atoms with E-state index >= 15 is 0 Å². The number of anilines is 1. The van der Waals surface area contributed by atoms with E-state index in [4.69, 9.17) is 4.74 Å². The molecule has 0 radical (unpaired) electrons. The van der Waals surface area contributed by atoms with Gasteiger partial charge in [0.05, 0.1) is 12.8 Å². The maximum absolute atomic E-state index is 13.0. The van der Waals surface area contributed by atoms with Gasteiger partial charge in [0, 0.05) is 29.0 Å². The molecule has 0 saturated heterocycles. The molecule has 0 saturated carbocycles. The first kappa shape index (κ1) is 18.1. The lowest BCUT2D eigenvalue weighted by atomic mass is 10.0. The molecular formula is C23H20N2O2S. The number of hydrogen-bond donors (Lipinski definition) is 1. The third kappa shape index (κ3) is 3.57. The number of aryl methyl sites for hydroxylation is 1. The van der Waals surface area contributed by atoms with Crippen molar-refractivity contribution in [3.8, 4) is 22.6 Å². The van der Waals surface area contributed by atoms with Gasteiger partial charge in [0.15, 0.2) is 0 Å².